The fourth-order valence-corrected chi connectivity index (χ4v) is 2.88. The summed E-state index contributed by atoms with van der Waals surface area (Å²) in [5.41, 5.74) is 2.22. The summed E-state index contributed by atoms with van der Waals surface area (Å²) in [5.74, 6) is 1.35. The van der Waals surface area contributed by atoms with Gasteiger partial charge in [0.05, 0.1) is 0 Å². The second-order valence-corrected chi connectivity index (χ2v) is 5.99. The monoisotopic (exact) mass is 306 g/mol. The summed E-state index contributed by atoms with van der Waals surface area (Å²) in [6.07, 6.45) is 6.64. The lowest BCUT2D eigenvalue weighted by molar-refractivity contribution is -0.107. The van der Waals surface area contributed by atoms with Crippen LogP contribution in [0.4, 0.5) is 0 Å². The first kappa shape index (κ1) is 16.8. The topological polar surface area (TPSA) is 34.1 Å². The molecule has 1 aromatic carbocycles. The van der Waals surface area contributed by atoms with Crippen molar-refractivity contribution in [2.75, 3.05) is 0 Å². The van der Waals surface area contributed by atoms with Crippen molar-refractivity contribution in [3.63, 3.8) is 0 Å². The third kappa shape index (κ3) is 6.78. The van der Waals surface area contributed by atoms with Crippen molar-refractivity contribution < 1.29 is 9.59 Å². The van der Waals surface area contributed by atoms with E-state index in [4.69, 9.17) is 0 Å². The van der Waals surface area contributed by atoms with Crippen molar-refractivity contribution in [1.82, 2.24) is 0 Å². The van der Waals surface area contributed by atoms with E-state index in [1.54, 1.807) is 24.3 Å². The molecule has 20 heavy (non-hydrogen) atoms. The predicted molar refractivity (Wildman–Crippen MR) is 88.7 cm³/mol. The molecule has 1 rings (SSSR count). The zero-order chi connectivity index (χ0) is 14.8. The van der Waals surface area contributed by atoms with Crippen molar-refractivity contribution >= 4 is 33.8 Å². The van der Waals surface area contributed by atoms with Crippen molar-refractivity contribution in [3.05, 3.63) is 59.7 Å². The molecule has 0 amide bonds. The van der Waals surface area contributed by atoms with Crippen LogP contribution in [0.15, 0.2) is 48.6 Å². The van der Waals surface area contributed by atoms with E-state index in [1.807, 2.05) is 38.1 Å². The minimum Gasteiger partial charge on any atom is -0.282 e. The van der Waals surface area contributed by atoms with Crippen LogP contribution in [0.1, 0.15) is 25.0 Å². The molecule has 0 aliphatic heterocycles. The van der Waals surface area contributed by atoms with Gasteiger partial charge < -0.3 is 0 Å². The first-order valence-electron chi connectivity index (χ1n) is 6.32. The van der Waals surface area contributed by atoms with Crippen LogP contribution in [0.25, 0.3) is 0 Å². The van der Waals surface area contributed by atoms with E-state index in [2.05, 4.69) is 0 Å². The number of carbonyl (C=O) groups excluding carboxylic acids is 2. The molecule has 0 bridgehead atoms. The van der Waals surface area contributed by atoms with Gasteiger partial charge in [-0.3, -0.25) is 9.59 Å². The Kier molecular flexibility index (Phi) is 8.07. The highest BCUT2D eigenvalue weighted by Crippen LogP contribution is 2.17. The molecular formula is C16H18O2S2. The normalized spacial score (nSPS) is 11.3. The van der Waals surface area contributed by atoms with E-state index in [-0.39, 0.29) is 10.2 Å². The summed E-state index contributed by atoms with van der Waals surface area (Å²) in [6, 6.07) is 8.02. The lowest BCUT2D eigenvalue weighted by atomic mass is 10.2. The Morgan fingerprint density at radius 3 is 1.50 bits per heavy atom. The smallest absolute Gasteiger partial charge is 0.212 e. The Morgan fingerprint density at radius 1 is 0.850 bits per heavy atom. The molecular weight excluding hydrogens is 288 g/mol. The Labute approximate surface area is 128 Å². The first-order valence-corrected chi connectivity index (χ1v) is 8.29. The second-order valence-electron chi connectivity index (χ2n) is 4.03. The number of benzene rings is 1. The molecule has 0 aromatic heterocycles. The van der Waals surface area contributed by atoms with Gasteiger partial charge in [-0.2, -0.15) is 0 Å². The molecule has 4 heteroatoms. The molecule has 0 aliphatic carbocycles. The lowest BCUT2D eigenvalue weighted by Gasteiger charge is -2.02. The van der Waals surface area contributed by atoms with Crippen LogP contribution in [-0.4, -0.2) is 10.2 Å². The first-order chi connectivity index (χ1) is 9.65. The van der Waals surface area contributed by atoms with Gasteiger partial charge in [0.2, 0.25) is 10.2 Å². The molecule has 0 heterocycles. The van der Waals surface area contributed by atoms with E-state index < -0.39 is 0 Å². The second kappa shape index (κ2) is 9.61. The number of hydrogen-bond donors (Lipinski definition) is 0. The standard InChI is InChI=1S/C16H18O2S2/c1-3-5-15(17)19-11-13-7-9-14(10-8-13)12-20-16(18)6-4-2/h3-10H,11-12H2,1-2H3. The Bertz CT molecular complexity index is 455. The number of carbonyl (C=O) groups is 2. The van der Waals surface area contributed by atoms with Gasteiger partial charge in [-0.15, -0.1) is 0 Å². The van der Waals surface area contributed by atoms with E-state index in [9.17, 15) is 9.59 Å². The molecule has 0 saturated heterocycles. The third-order valence-corrected chi connectivity index (χ3v) is 4.19. The van der Waals surface area contributed by atoms with Crippen LogP contribution in [0.2, 0.25) is 0 Å². The summed E-state index contributed by atoms with van der Waals surface area (Å²) in [4.78, 5) is 22.7. The third-order valence-electron chi connectivity index (χ3n) is 2.39. The van der Waals surface area contributed by atoms with Crippen LogP contribution in [0.3, 0.4) is 0 Å². The van der Waals surface area contributed by atoms with Crippen molar-refractivity contribution in [2.24, 2.45) is 0 Å². The van der Waals surface area contributed by atoms with Gasteiger partial charge in [-0.1, -0.05) is 59.9 Å². The van der Waals surface area contributed by atoms with Crippen LogP contribution in [0, 0.1) is 0 Å². The molecule has 0 N–H and O–H groups in total. The minimum absolute atomic E-state index is 0.0732. The van der Waals surface area contributed by atoms with Crippen molar-refractivity contribution in [2.45, 2.75) is 25.4 Å². The number of hydrogen-bond acceptors (Lipinski definition) is 4. The lowest BCUT2D eigenvalue weighted by Crippen LogP contribution is -1.90. The van der Waals surface area contributed by atoms with Crippen LogP contribution < -0.4 is 0 Å². The summed E-state index contributed by atoms with van der Waals surface area (Å²) in [6.45, 7) is 3.67. The predicted octanol–water partition coefficient (Wildman–Crippen LogP) is 4.36. The van der Waals surface area contributed by atoms with Crippen LogP contribution in [-0.2, 0) is 21.1 Å². The molecule has 1 aromatic rings. The molecule has 0 unspecified atom stereocenters. The zero-order valence-electron chi connectivity index (χ0n) is 11.7. The largest absolute Gasteiger partial charge is 0.282 e. The van der Waals surface area contributed by atoms with Gasteiger partial charge in [0.15, 0.2) is 0 Å². The molecule has 0 radical (unpaired) electrons. The maximum Gasteiger partial charge on any atom is 0.212 e. The number of rotatable bonds is 6. The number of allylic oxidation sites excluding steroid dienone is 2. The maximum absolute atomic E-state index is 11.4. The summed E-state index contributed by atoms with van der Waals surface area (Å²) < 4.78 is 0. The summed E-state index contributed by atoms with van der Waals surface area (Å²) in [5, 5.41) is 0.146. The average molecular weight is 306 g/mol. The van der Waals surface area contributed by atoms with Gasteiger partial charge in [-0.05, 0) is 37.1 Å². The molecule has 0 spiro atoms. The van der Waals surface area contributed by atoms with Crippen molar-refractivity contribution in [3.8, 4) is 0 Å². The van der Waals surface area contributed by atoms with E-state index >= 15 is 0 Å². The quantitative estimate of drug-likeness (QED) is 0.731. The molecule has 0 saturated carbocycles. The summed E-state index contributed by atoms with van der Waals surface area (Å²) in [7, 11) is 0. The van der Waals surface area contributed by atoms with Gasteiger partial charge in [-0.25, -0.2) is 0 Å². The zero-order valence-corrected chi connectivity index (χ0v) is 13.3. The van der Waals surface area contributed by atoms with Gasteiger partial charge >= 0.3 is 0 Å². The van der Waals surface area contributed by atoms with E-state index in [1.165, 1.54) is 23.5 Å². The molecule has 0 aliphatic rings. The molecule has 0 atom stereocenters. The average Bonchev–Trinajstić information content (AvgIpc) is 2.45. The molecule has 106 valence electrons. The highest BCUT2D eigenvalue weighted by atomic mass is 32.2. The van der Waals surface area contributed by atoms with Crippen LogP contribution >= 0.6 is 23.5 Å². The number of thioether (sulfide) groups is 2. The highest BCUT2D eigenvalue weighted by Gasteiger charge is 2.01. The van der Waals surface area contributed by atoms with Crippen LogP contribution in [0.5, 0.6) is 0 Å². The summed E-state index contributed by atoms with van der Waals surface area (Å²) >= 11 is 2.58. The van der Waals surface area contributed by atoms with E-state index in [0.29, 0.717) is 11.5 Å². The van der Waals surface area contributed by atoms with Gasteiger partial charge in [0.25, 0.3) is 0 Å². The Morgan fingerprint density at radius 2 is 1.20 bits per heavy atom. The maximum atomic E-state index is 11.4. The van der Waals surface area contributed by atoms with Gasteiger partial charge in [0, 0.05) is 11.5 Å². The highest BCUT2D eigenvalue weighted by molar-refractivity contribution is 8.13. The van der Waals surface area contributed by atoms with Crippen molar-refractivity contribution in [1.29, 1.82) is 0 Å². The minimum atomic E-state index is 0.0732. The fourth-order valence-electron chi connectivity index (χ4n) is 1.41. The Balaban J connectivity index is 2.44. The molecule has 0 fully saturated rings. The molecule has 2 nitrogen and oxygen atoms in total. The fraction of sp³-hybridized carbons (Fsp3) is 0.250. The SMILES string of the molecule is CC=CC(=O)SCc1ccc(CSC(=O)C=CC)cc1. The Hall–Kier alpha value is -1.26. The van der Waals surface area contributed by atoms with E-state index in [0.717, 1.165) is 11.1 Å². The van der Waals surface area contributed by atoms with Gasteiger partial charge in [0.1, 0.15) is 0 Å².